The van der Waals surface area contributed by atoms with Crippen molar-refractivity contribution in [3.63, 3.8) is 0 Å². The lowest BCUT2D eigenvalue weighted by Gasteiger charge is -2.23. The first-order chi connectivity index (χ1) is 7.17. The number of amides is 1. The molecule has 0 spiro atoms. The van der Waals surface area contributed by atoms with Crippen molar-refractivity contribution in [2.24, 2.45) is 0 Å². The normalized spacial score (nSPS) is 15.1. The van der Waals surface area contributed by atoms with Crippen molar-refractivity contribution < 1.29 is 23.8 Å². The van der Waals surface area contributed by atoms with Crippen LogP contribution in [0.4, 0.5) is 9.18 Å². The quantitative estimate of drug-likeness (QED) is 0.755. The first-order valence-electron chi connectivity index (χ1n) is 4.93. The van der Waals surface area contributed by atoms with Gasteiger partial charge in [-0.25, -0.2) is 9.18 Å². The second-order valence-electron chi connectivity index (χ2n) is 4.46. The van der Waals surface area contributed by atoms with Crippen molar-refractivity contribution >= 4 is 11.9 Å². The summed E-state index contributed by atoms with van der Waals surface area (Å²) in [5.41, 5.74) is -0.716. The maximum absolute atomic E-state index is 12.1. The third kappa shape index (κ3) is 5.65. The number of carbonyl (C=O) groups excluding carboxylic acids is 2. The first kappa shape index (κ1) is 14.8. The van der Waals surface area contributed by atoms with Crippen molar-refractivity contribution in [3.05, 3.63) is 0 Å². The highest BCUT2D eigenvalue weighted by atomic mass is 19.1. The number of carbonyl (C=O) groups is 2. The van der Waals surface area contributed by atoms with E-state index in [-0.39, 0.29) is 0 Å². The highest BCUT2D eigenvalue weighted by Gasteiger charge is 2.27. The van der Waals surface area contributed by atoms with Gasteiger partial charge in [0.2, 0.25) is 0 Å². The number of ketones is 1. The summed E-state index contributed by atoms with van der Waals surface area (Å²) in [7, 11) is 0. The number of aliphatic hydroxyl groups is 1. The van der Waals surface area contributed by atoms with E-state index in [4.69, 9.17) is 4.74 Å². The van der Waals surface area contributed by atoms with Gasteiger partial charge in [0, 0.05) is 0 Å². The van der Waals surface area contributed by atoms with Gasteiger partial charge in [0.1, 0.15) is 18.3 Å². The molecule has 2 atom stereocenters. The van der Waals surface area contributed by atoms with Gasteiger partial charge in [-0.05, 0) is 27.7 Å². The molecule has 16 heavy (non-hydrogen) atoms. The molecule has 6 heteroatoms. The number of hydrogen-bond donors (Lipinski definition) is 2. The smallest absolute Gasteiger partial charge is 0.408 e. The van der Waals surface area contributed by atoms with Crippen LogP contribution >= 0.6 is 0 Å². The molecule has 0 unspecified atom stereocenters. The number of Topliss-reactive ketones (excluding diaryl/α,β-unsaturated/α-hetero) is 1. The number of alkyl carbamates (subject to hydrolysis) is 1. The van der Waals surface area contributed by atoms with Crippen molar-refractivity contribution in [2.75, 3.05) is 6.67 Å². The van der Waals surface area contributed by atoms with Crippen LogP contribution < -0.4 is 5.32 Å². The number of rotatable bonds is 4. The van der Waals surface area contributed by atoms with Crippen molar-refractivity contribution in [1.82, 2.24) is 5.32 Å². The molecule has 0 aliphatic heterocycles. The van der Waals surface area contributed by atoms with Gasteiger partial charge >= 0.3 is 6.09 Å². The Labute approximate surface area is 94.0 Å². The molecule has 2 N–H and O–H groups in total. The highest BCUT2D eigenvalue weighted by Crippen LogP contribution is 2.07. The van der Waals surface area contributed by atoms with E-state index < -0.39 is 36.3 Å². The van der Waals surface area contributed by atoms with Crippen LogP contribution in [0, 0.1) is 0 Å². The average molecular weight is 235 g/mol. The molecule has 0 aromatic carbocycles. The highest BCUT2D eigenvalue weighted by molar-refractivity contribution is 5.88. The maximum Gasteiger partial charge on any atom is 0.408 e. The summed E-state index contributed by atoms with van der Waals surface area (Å²) in [6.07, 6.45) is -2.03. The van der Waals surface area contributed by atoms with Crippen LogP contribution in [0.25, 0.3) is 0 Å². The molecule has 0 heterocycles. The van der Waals surface area contributed by atoms with E-state index in [2.05, 4.69) is 5.32 Å². The number of halogens is 1. The third-order valence-electron chi connectivity index (χ3n) is 1.63. The van der Waals surface area contributed by atoms with Gasteiger partial charge in [0.05, 0.1) is 6.10 Å². The summed E-state index contributed by atoms with van der Waals surface area (Å²) < 4.78 is 17.0. The SMILES string of the molecule is C[C@@H](O)[C@@H](NC(=O)OC(C)(C)C)C(=O)CF. The van der Waals surface area contributed by atoms with Gasteiger partial charge in [-0.1, -0.05) is 0 Å². The zero-order valence-corrected chi connectivity index (χ0v) is 9.91. The number of hydrogen-bond acceptors (Lipinski definition) is 4. The lowest BCUT2D eigenvalue weighted by Crippen LogP contribution is -2.49. The maximum atomic E-state index is 12.1. The molecule has 0 radical (unpaired) electrons. The minimum atomic E-state index is -1.28. The Morgan fingerprint density at radius 3 is 2.25 bits per heavy atom. The fourth-order valence-electron chi connectivity index (χ4n) is 0.988. The third-order valence-corrected chi connectivity index (χ3v) is 1.63. The summed E-state index contributed by atoms with van der Waals surface area (Å²) in [5.74, 6) is -0.888. The lowest BCUT2D eigenvalue weighted by atomic mass is 10.1. The Balaban J connectivity index is 4.42. The predicted molar refractivity (Wildman–Crippen MR) is 55.8 cm³/mol. The molecular formula is C10H18FNO4. The monoisotopic (exact) mass is 235 g/mol. The molecule has 5 nitrogen and oxygen atoms in total. The van der Waals surface area contributed by atoms with E-state index in [9.17, 15) is 19.1 Å². The van der Waals surface area contributed by atoms with E-state index in [1.54, 1.807) is 20.8 Å². The van der Waals surface area contributed by atoms with Crippen LogP contribution in [0.3, 0.4) is 0 Å². The fraction of sp³-hybridized carbons (Fsp3) is 0.800. The van der Waals surface area contributed by atoms with Crippen LogP contribution in [0.15, 0.2) is 0 Å². The second kappa shape index (κ2) is 5.79. The number of aliphatic hydroxyl groups excluding tert-OH is 1. The molecule has 0 saturated carbocycles. The van der Waals surface area contributed by atoms with Gasteiger partial charge in [-0.15, -0.1) is 0 Å². The zero-order valence-electron chi connectivity index (χ0n) is 9.91. The molecule has 0 rings (SSSR count). The molecule has 0 bridgehead atoms. The van der Waals surface area contributed by atoms with Gasteiger partial charge in [-0.2, -0.15) is 0 Å². The Morgan fingerprint density at radius 2 is 1.94 bits per heavy atom. The van der Waals surface area contributed by atoms with E-state index in [0.717, 1.165) is 0 Å². The first-order valence-corrected chi connectivity index (χ1v) is 4.93. The van der Waals surface area contributed by atoms with Crippen molar-refractivity contribution in [2.45, 2.75) is 45.4 Å². The van der Waals surface area contributed by atoms with Crippen LogP contribution in [-0.4, -0.2) is 41.4 Å². The zero-order chi connectivity index (χ0) is 12.9. The average Bonchev–Trinajstić information content (AvgIpc) is 2.09. The lowest BCUT2D eigenvalue weighted by molar-refractivity contribution is -0.124. The van der Waals surface area contributed by atoms with Crippen LogP contribution in [-0.2, 0) is 9.53 Å². The Morgan fingerprint density at radius 1 is 1.44 bits per heavy atom. The molecule has 1 amide bonds. The summed E-state index contributed by atoms with van der Waals surface area (Å²) in [6, 6.07) is -1.28. The molecule has 0 saturated heterocycles. The fourth-order valence-corrected chi connectivity index (χ4v) is 0.988. The largest absolute Gasteiger partial charge is 0.444 e. The minimum absolute atomic E-state index is 0.716. The summed E-state index contributed by atoms with van der Waals surface area (Å²) in [4.78, 5) is 22.3. The molecule has 0 aromatic rings. The molecular weight excluding hydrogens is 217 g/mol. The Bertz CT molecular complexity index is 260. The van der Waals surface area contributed by atoms with Gasteiger partial charge < -0.3 is 15.2 Å². The van der Waals surface area contributed by atoms with Crippen molar-refractivity contribution in [1.29, 1.82) is 0 Å². The van der Waals surface area contributed by atoms with E-state index in [0.29, 0.717) is 0 Å². The van der Waals surface area contributed by atoms with E-state index in [1.165, 1.54) is 6.92 Å². The number of alkyl halides is 1. The van der Waals surface area contributed by atoms with Crippen molar-refractivity contribution in [3.8, 4) is 0 Å². The molecule has 0 aliphatic carbocycles. The van der Waals surface area contributed by atoms with Gasteiger partial charge in [0.25, 0.3) is 0 Å². The van der Waals surface area contributed by atoms with Gasteiger partial charge in [-0.3, -0.25) is 4.79 Å². The summed E-state index contributed by atoms with van der Waals surface area (Å²) >= 11 is 0. The molecule has 0 fully saturated rings. The molecule has 0 aliphatic rings. The molecule has 94 valence electrons. The number of nitrogens with one attached hydrogen (secondary N) is 1. The predicted octanol–water partition coefficient (Wildman–Crippen LogP) is 0.799. The number of ether oxygens (including phenoxy) is 1. The van der Waals surface area contributed by atoms with E-state index >= 15 is 0 Å². The van der Waals surface area contributed by atoms with Crippen LogP contribution in [0.5, 0.6) is 0 Å². The summed E-state index contributed by atoms with van der Waals surface area (Å²) in [5, 5.41) is 11.3. The van der Waals surface area contributed by atoms with E-state index in [1.807, 2.05) is 0 Å². The van der Waals surface area contributed by atoms with Crippen LogP contribution in [0.2, 0.25) is 0 Å². The Kier molecular flexibility index (Phi) is 5.37. The van der Waals surface area contributed by atoms with Crippen LogP contribution in [0.1, 0.15) is 27.7 Å². The minimum Gasteiger partial charge on any atom is -0.444 e. The molecule has 0 aromatic heterocycles. The van der Waals surface area contributed by atoms with Gasteiger partial charge in [0.15, 0.2) is 5.78 Å². The topological polar surface area (TPSA) is 75.6 Å². The second-order valence-corrected chi connectivity index (χ2v) is 4.46. The standard InChI is InChI=1S/C10H18FNO4/c1-6(13)8(7(14)5-11)12-9(15)16-10(2,3)4/h6,8,13H,5H2,1-4H3,(H,12,15)/t6-,8-/m1/s1. The summed E-state index contributed by atoms with van der Waals surface area (Å²) in [6.45, 7) is 5.00. The Hall–Kier alpha value is -1.17.